The molecule has 0 radical (unpaired) electrons. The van der Waals surface area contributed by atoms with Gasteiger partial charge >= 0.3 is 0 Å². The third-order valence-electron chi connectivity index (χ3n) is 6.42. The molecule has 0 bridgehead atoms. The fourth-order valence-electron chi connectivity index (χ4n) is 4.45. The largest absolute Gasteiger partial charge is 0.493 e. The molecule has 2 heterocycles. The Bertz CT molecular complexity index is 1580. The summed E-state index contributed by atoms with van der Waals surface area (Å²) in [4.78, 5) is 22.7. The Kier molecular flexibility index (Phi) is 9.03. The van der Waals surface area contributed by atoms with E-state index >= 15 is 0 Å². The van der Waals surface area contributed by atoms with Crippen LogP contribution in [0.2, 0.25) is 0 Å². The Labute approximate surface area is 229 Å². The van der Waals surface area contributed by atoms with E-state index in [0.29, 0.717) is 60.8 Å². The Morgan fingerprint density at radius 1 is 1.10 bits per heavy atom. The van der Waals surface area contributed by atoms with Crippen molar-refractivity contribution in [3.63, 3.8) is 0 Å². The average molecular weight is 553 g/mol. The Balaban J connectivity index is 1.62. The highest BCUT2D eigenvalue weighted by atomic mass is 32.2. The predicted octanol–water partition coefficient (Wildman–Crippen LogP) is 3.80. The molecule has 2 aromatic heterocycles. The SMILES string of the molecule is CCCc1nc(CC)c2c(=O)[nH]c(-c3cc(S(=O)(=O)NCCCN(C)c4ccccc4)ccc3OCC)nn12. The number of rotatable bonds is 13. The number of benzene rings is 2. The highest BCUT2D eigenvalue weighted by Gasteiger charge is 2.21. The molecule has 0 spiro atoms. The number of aryl methyl sites for hydroxylation is 2. The first-order valence-electron chi connectivity index (χ1n) is 13.3. The summed E-state index contributed by atoms with van der Waals surface area (Å²) < 4.78 is 36.4. The molecule has 0 aliphatic heterocycles. The van der Waals surface area contributed by atoms with Gasteiger partial charge in [0.15, 0.2) is 11.3 Å². The zero-order valence-corrected chi connectivity index (χ0v) is 23.7. The summed E-state index contributed by atoms with van der Waals surface area (Å²) >= 11 is 0. The van der Waals surface area contributed by atoms with Crippen LogP contribution in [0.1, 0.15) is 45.1 Å². The van der Waals surface area contributed by atoms with E-state index in [1.807, 2.05) is 58.2 Å². The van der Waals surface area contributed by atoms with Crippen LogP contribution in [0.15, 0.2) is 58.2 Å². The van der Waals surface area contributed by atoms with Gasteiger partial charge in [-0.15, -0.1) is 5.10 Å². The summed E-state index contributed by atoms with van der Waals surface area (Å²) in [6.45, 7) is 7.15. The Morgan fingerprint density at radius 3 is 2.56 bits per heavy atom. The topological polar surface area (TPSA) is 122 Å². The maximum absolute atomic E-state index is 13.2. The van der Waals surface area contributed by atoms with Crippen LogP contribution < -0.4 is 19.9 Å². The molecule has 4 aromatic rings. The van der Waals surface area contributed by atoms with Crippen LogP contribution in [0.25, 0.3) is 16.9 Å². The number of ether oxygens (including phenoxy) is 1. The van der Waals surface area contributed by atoms with Gasteiger partial charge < -0.3 is 14.6 Å². The smallest absolute Gasteiger partial charge is 0.277 e. The van der Waals surface area contributed by atoms with Crippen LogP contribution in [0.5, 0.6) is 5.75 Å². The van der Waals surface area contributed by atoms with Crippen molar-refractivity contribution in [3.05, 3.63) is 70.4 Å². The Hall–Kier alpha value is -3.70. The van der Waals surface area contributed by atoms with Crippen LogP contribution in [0.4, 0.5) is 5.69 Å². The van der Waals surface area contributed by atoms with Gasteiger partial charge in [0.05, 0.1) is 22.8 Å². The molecule has 2 N–H and O–H groups in total. The van der Waals surface area contributed by atoms with Gasteiger partial charge in [-0.25, -0.2) is 22.6 Å². The van der Waals surface area contributed by atoms with Crippen LogP contribution in [-0.2, 0) is 22.9 Å². The number of imidazole rings is 1. The van der Waals surface area contributed by atoms with Gasteiger partial charge in [-0.2, -0.15) is 0 Å². The maximum Gasteiger partial charge on any atom is 0.277 e. The number of sulfonamides is 1. The molecule has 208 valence electrons. The number of H-pyrrole nitrogens is 1. The highest BCUT2D eigenvalue weighted by molar-refractivity contribution is 7.89. The number of nitrogens with one attached hydrogen (secondary N) is 2. The van der Waals surface area contributed by atoms with Crippen molar-refractivity contribution in [3.8, 4) is 17.1 Å². The summed E-state index contributed by atoms with van der Waals surface area (Å²) in [6.07, 6.45) is 2.73. The third kappa shape index (κ3) is 6.31. The Morgan fingerprint density at radius 2 is 1.87 bits per heavy atom. The first kappa shape index (κ1) is 28.3. The minimum atomic E-state index is -3.82. The van der Waals surface area contributed by atoms with Gasteiger partial charge in [0.2, 0.25) is 10.0 Å². The van der Waals surface area contributed by atoms with Gasteiger partial charge in [0.25, 0.3) is 5.56 Å². The molecule has 0 atom stereocenters. The minimum absolute atomic E-state index is 0.0637. The number of para-hydroxylation sites is 1. The second kappa shape index (κ2) is 12.4. The second-order valence-corrected chi connectivity index (χ2v) is 11.0. The first-order chi connectivity index (χ1) is 18.8. The van der Waals surface area contributed by atoms with Crippen molar-refractivity contribution in [2.45, 2.75) is 51.3 Å². The molecule has 39 heavy (non-hydrogen) atoms. The summed E-state index contributed by atoms with van der Waals surface area (Å²) in [7, 11) is -1.84. The van der Waals surface area contributed by atoms with Crippen LogP contribution >= 0.6 is 0 Å². The molecule has 0 fully saturated rings. The lowest BCUT2D eigenvalue weighted by molar-refractivity contribution is 0.341. The quantitative estimate of drug-likeness (QED) is 0.242. The first-order valence-corrected chi connectivity index (χ1v) is 14.8. The van der Waals surface area contributed by atoms with E-state index in [1.54, 1.807) is 10.6 Å². The molecule has 4 rings (SSSR count). The molecular weight excluding hydrogens is 516 g/mol. The van der Waals surface area contributed by atoms with E-state index in [4.69, 9.17) is 4.74 Å². The molecule has 0 saturated heterocycles. The van der Waals surface area contributed by atoms with Crippen molar-refractivity contribution in [1.82, 2.24) is 24.3 Å². The number of anilines is 1. The summed E-state index contributed by atoms with van der Waals surface area (Å²) in [5, 5.41) is 4.68. The fraction of sp³-hybridized carbons (Fsp3) is 0.393. The van der Waals surface area contributed by atoms with E-state index in [1.165, 1.54) is 12.1 Å². The summed E-state index contributed by atoms with van der Waals surface area (Å²) in [6, 6.07) is 14.5. The van der Waals surface area contributed by atoms with E-state index in [9.17, 15) is 13.2 Å². The lowest BCUT2D eigenvalue weighted by Crippen LogP contribution is -2.28. The zero-order valence-electron chi connectivity index (χ0n) is 22.9. The van der Waals surface area contributed by atoms with Crippen LogP contribution in [0, 0.1) is 0 Å². The monoisotopic (exact) mass is 552 g/mol. The number of fused-ring (bicyclic) bond motifs is 1. The number of aromatic amines is 1. The number of nitrogens with zero attached hydrogens (tertiary/aromatic N) is 4. The molecule has 0 saturated carbocycles. The van der Waals surface area contributed by atoms with E-state index in [-0.39, 0.29) is 22.8 Å². The lowest BCUT2D eigenvalue weighted by atomic mass is 10.2. The number of hydrogen-bond acceptors (Lipinski definition) is 7. The van der Waals surface area contributed by atoms with Crippen LogP contribution in [0.3, 0.4) is 0 Å². The van der Waals surface area contributed by atoms with Crippen LogP contribution in [-0.4, -0.2) is 54.7 Å². The lowest BCUT2D eigenvalue weighted by Gasteiger charge is -2.19. The van der Waals surface area contributed by atoms with Crippen molar-refractivity contribution in [2.24, 2.45) is 0 Å². The van der Waals surface area contributed by atoms with Gasteiger partial charge in [-0.3, -0.25) is 4.79 Å². The molecule has 0 aliphatic carbocycles. The van der Waals surface area contributed by atoms with Gasteiger partial charge in [0, 0.05) is 32.2 Å². The van der Waals surface area contributed by atoms with E-state index in [2.05, 4.69) is 24.7 Å². The third-order valence-corrected chi connectivity index (χ3v) is 7.88. The molecule has 10 nitrogen and oxygen atoms in total. The molecule has 11 heteroatoms. The number of hydrogen-bond donors (Lipinski definition) is 2. The van der Waals surface area contributed by atoms with Crippen molar-refractivity contribution < 1.29 is 13.2 Å². The molecule has 0 aliphatic rings. The van der Waals surface area contributed by atoms with Crippen molar-refractivity contribution in [1.29, 1.82) is 0 Å². The van der Waals surface area contributed by atoms with E-state index in [0.717, 1.165) is 12.1 Å². The van der Waals surface area contributed by atoms with Gasteiger partial charge in [-0.1, -0.05) is 32.0 Å². The summed E-state index contributed by atoms with van der Waals surface area (Å²) in [5.74, 6) is 1.34. The van der Waals surface area contributed by atoms with Gasteiger partial charge in [0.1, 0.15) is 11.6 Å². The van der Waals surface area contributed by atoms with Crippen molar-refractivity contribution >= 4 is 21.2 Å². The number of aromatic nitrogens is 4. The molecular formula is C28H36N6O4S. The average Bonchev–Trinajstić information content (AvgIpc) is 3.30. The predicted molar refractivity (Wildman–Crippen MR) is 153 cm³/mol. The highest BCUT2D eigenvalue weighted by Crippen LogP contribution is 2.30. The van der Waals surface area contributed by atoms with E-state index < -0.39 is 10.0 Å². The minimum Gasteiger partial charge on any atom is -0.493 e. The van der Waals surface area contributed by atoms with Gasteiger partial charge in [-0.05, 0) is 56.5 Å². The fourth-order valence-corrected chi connectivity index (χ4v) is 5.55. The normalized spacial score (nSPS) is 11.7. The zero-order chi connectivity index (χ0) is 28.0. The molecule has 0 amide bonds. The second-order valence-electron chi connectivity index (χ2n) is 9.24. The molecule has 0 unspecified atom stereocenters. The summed E-state index contributed by atoms with van der Waals surface area (Å²) in [5.41, 5.74) is 2.22. The standard InChI is InChI=1S/C28H36N6O4S/c1-5-12-25-30-23(6-2)26-28(35)31-27(32-34(25)26)22-19-21(15-16-24(22)38-7-3)39(36,37)29-17-11-18-33(4)20-13-9-8-10-14-20/h8-10,13-16,19,29H,5-7,11-12,17-18H2,1-4H3,(H,31,32,35). The van der Waals surface area contributed by atoms with Crippen molar-refractivity contribution in [2.75, 3.05) is 31.6 Å². The maximum atomic E-state index is 13.2. The molecule has 2 aromatic carbocycles.